The van der Waals surface area contributed by atoms with E-state index in [4.69, 9.17) is 23.2 Å². The summed E-state index contributed by atoms with van der Waals surface area (Å²) in [6.45, 7) is 4.83. The normalized spacial score (nSPS) is 10.5. The molecule has 19 heavy (non-hydrogen) atoms. The molecule has 0 amide bonds. The van der Waals surface area contributed by atoms with Gasteiger partial charge in [-0.05, 0) is 31.5 Å². The third-order valence-corrected chi connectivity index (χ3v) is 4.41. The summed E-state index contributed by atoms with van der Waals surface area (Å²) in [5, 5.41) is 5.00. The van der Waals surface area contributed by atoms with Crippen LogP contribution >= 0.6 is 35.0 Å². The number of halogens is 2. The van der Waals surface area contributed by atoms with Gasteiger partial charge in [0, 0.05) is 11.4 Å². The Morgan fingerprint density at radius 2 is 1.95 bits per heavy atom. The summed E-state index contributed by atoms with van der Waals surface area (Å²) in [6, 6.07) is 9.87. The van der Waals surface area contributed by atoms with E-state index in [1.807, 2.05) is 19.1 Å². The molecule has 0 aliphatic rings. The third kappa shape index (κ3) is 3.56. The Balaban J connectivity index is 2.34. The lowest BCUT2D eigenvalue weighted by Gasteiger charge is -2.10. The van der Waals surface area contributed by atoms with Gasteiger partial charge in [-0.15, -0.1) is 0 Å². The molecule has 100 valence electrons. The maximum atomic E-state index is 6.21. The highest BCUT2D eigenvalue weighted by molar-refractivity contribution is 7.99. The Hall–Kier alpha value is -0.900. The second kappa shape index (κ2) is 6.51. The number of pyridine rings is 1. The average Bonchev–Trinajstić information content (AvgIpc) is 2.38. The van der Waals surface area contributed by atoms with Crippen molar-refractivity contribution < 1.29 is 0 Å². The zero-order valence-electron chi connectivity index (χ0n) is 10.7. The molecule has 0 saturated heterocycles. The van der Waals surface area contributed by atoms with Crippen LogP contribution in [-0.4, -0.2) is 11.5 Å². The van der Waals surface area contributed by atoms with E-state index in [2.05, 4.69) is 29.4 Å². The number of nitrogens with zero attached hydrogens (tertiary/aromatic N) is 1. The van der Waals surface area contributed by atoms with Crippen LogP contribution in [0.1, 0.15) is 12.5 Å². The summed E-state index contributed by atoms with van der Waals surface area (Å²) in [5.74, 6) is 0.671. The zero-order valence-corrected chi connectivity index (χ0v) is 13.0. The first kappa shape index (κ1) is 14.5. The van der Waals surface area contributed by atoms with E-state index in [9.17, 15) is 0 Å². The molecule has 2 aromatic rings. The van der Waals surface area contributed by atoms with E-state index < -0.39 is 0 Å². The van der Waals surface area contributed by atoms with Crippen molar-refractivity contribution in [1.29, 1.82) is 0 Å². The van der Waals surface area contributed by atoms with Crippen LogP contribution in [-0.2, 0) is 0 Å². The fourth-order valence-electron chi connectivity index (χ4n) is 1.59. The van der Waals surface area contributed by atoms with Gasteiger partial charge in [0.2, 0.25) is 0 Å². The summed E-state index contributed by atoms with van der Waals surface area (Å²) in [4.78, 5) is 5.63. The molecule has 2 nitrogen and oxygen atoms in total. The van der Waals surface area contributed by atoms with Crippen LogP contribution in [0.15, 0.2) is 40.3 Å². The van der Waals surface area contributed by atoms with Gasteiger partial charge in [0.1, 0.15) is 10.8 Å². The van der Waals surface area contributed by atoms with Crippen molar-refractivity contribution in [3.05, 3.63) is 45.9 Å². The average molecular weight is 313 g/mol. The Morgan fingerprint density at radius 1 is 1.21 bits per heavy atom. The van der Waals surface area contributed by atoms with Crippen LogP contribution in [0.5, 0.6) is 0 Å². The molecule has 0 spiro atoms. The molecule has 0 radical (unpaired) electrons. The summed E-state index contributed by atoms with van der Waals surface area (Å²) in [7, 11) is 0. The summed E-state index contributed by atoms with van der Waals surface area (Å²) in [6.07, 6.45) is 0. The minimum absolute atomic E-state index is 0.543. The quantitative estimate of drug-likeness (QED) is 0.831. The van der Waals surface area contributed by atoms with Crippen LogP contribution in [0.3, 0.4) is 0 Å². The molecule has 0 aliphatic carbocycles. The Kier molecular flexibility index (Phi) is 4.97. The van der Waals surface area contributed by atoms with Gasteiger partial charge in [-0.1, -0.05) is 53.2 Å². The SMILES string of the molecule is CCNc1nc(Sc2ccccc2C)c(Cl)cc1Cl. The fourth-order valence-corrected chi connectivity index (χ4v) is 3.01. The molecule has 5 heteroatoms. The molecular weight excluding hydrogens is 299 g/mol. The second-order valence-corrected chi connectivity index (χ2v) is 5.85. The highest BCUT2D eigenvalue weighted by Gasteiger charge is 2.11. The number of aryl methyl sites for hydroxylation is 1. The number of anilines is 1. The lowest BCUT2D eigenvalue weighted by atomic mass is 10.2. The third-order valence-electron chi connectivity index (χ3n) is 2.54. The van der Waals surface area contributed by atoms with Gasteiger partial charge >= 0.3 is 0 Å². The molecule has 1 aromatic carbocycles. The minimum Gasteiger partial charge on any atom is -0.369 e. The maximum Gasteiger partial charge on any atom is 0.146 e. The zero-order chi connectivity index (χ0) is 13.8. The van der Waals surface area contributed by atoms with Gasteiger partial charge in [0.05, 0.1) is 10.0 Å². The molecule has 1 N–H and O–H groups in total. The molecule has 2 rings (SSSR count). The lowest BCUT2D eigenvalue weighted by molar-refractivity contribution is 1.08. The number of hydrogen-bond acceptors (Lipinski definition) is 3. The molecule has 0 fully saturated rings. The maximum absolute atomic E-state index is 6.21. The molecular formula is C14H14Cl2N2S. The van der Waals surface area contributed by atoms with Crippen molar-refractivity contribution in [2.45, 2.75) is 23.8 Å². The second-order valence-electron chi connectivity index (χ2n) is 4.00. The molecule has 0 bridgehead atoms. The van der Waals surface area contributed by atoms with Gasteiger partial charge in [0.15, 0.2) is 0 Å². The van der Waals surface area contributed by atoms with Crippen LogP contribution in [0.25, 0.3) is 0 Å². The molecule has 0 atom stereocenters. The Morgan fingerprint density at radius 3 is 2.63 bits per heavy atom. The molecule has 0 aliphatic heterocycles. The van der Waals surface area contributed by atoms with Crippen LogP contribution in [0.2, 0.25) is 10.0 Å². The largest absolute Gasteiger partial charge is 0.369 e. The monoisotopic (exact) mass is 312 g/mol. The fraction of sp³-hybridized carbons (Fsp3) is 0.214. The van der Waals surface area contributed by atoms with Crippen molar-refractivity contribution in [2.75, 3.05) is 11.9 Å². The summed E-state index contributed by atoms with van der Waals surface area (Å²) >= 11 is 13.9. The smallest absolute Gasteiger partial charge is 0.146 e. The molecule has 1 aromatic heterocycles. The number of hydrogen-bond donors (Lipinski definition) is 1. The molecule has 0 saturated carbocycles. The van der Waals surface area contributed by atoms with E-state index in [1.165, 1.54) is 5.56 Å². The van der Waals surface area contributed by atoms with E-state index in [0.717, 1.165) is 16.5 Å². The van der Waals surface area contributed by atoms with E-state index in [0.29, 0.717) is 15.9 Å². The van der Waals surface area contributed by atoms with Crippen molar-refractivity contribution >= 4 is 40.8 Å². The predicted molar refractivity (Wildman–Crippen MR) is 83.7 cm³/mol. The van der Waals surface area contributed by atoms with Crippen LogP contribution in [0, 0.1) is 6.92 Å². The lowest BCUT2D eigenvalue weighted by Crippen LogP contribution is -2.01. The van der Waals surface area contributed by atoms with Crippen LogP contribution in [0.4, 0.5) is 5.82 Å². The van der Waals surface area contributed by atoms with Crippen molar-refractivity contribution in [2.24, 2.45) is 0 Å². The topological polar surface area (TPSA) is 24.9 Å². The van der Waals surface area contributed by atoms with Crippen molar-refractivity contribution in [3.8, 4) is 0 Å². The highest BCUT2D eigenvalue weighted by Crippen LogP contribution is 2.36. The van der Waals surface area contributed by atoms with Gasteiger partial charge in [-0.2, -0.15) is 0 Å². The standard InChI is InChI=1S/C14H14Cl2N2S/c1-3-17-13-10(15)8-11(16)14(18-13)19-12-7-5-4-6-9(12)2/h4-8H,3H2,1-2H3,(H,17,18). The molecule has 0 unspecified atom stereocenters. The minimum atomic E-state index is 0.543. The highest BCUT2D eigenvalue weighted by atomic mass is 35.5. The van der Waals surface area contributed by atoms with Crippen molar-refractivity contribution in [3.63, 3.8) is 0 Å². The number of aromatic nitrogens is 1. The summed E-state index contributed by atoms with van der Waals surface area (Å²) in [5.41, 5.74) is 1.20. The van der Waals surface area contributed by atoms with Crippen molar-refractivity contribution in [1.82, 2.24) is 4.98 Å². The van der Waals surface area contributed by atoms with Gasteiger partial charge in [0.25, 0.3) is 0 Å². The van der Waals surface area contributed by atoms with Gasteiger partial charge < -0.3 is 5.32 Å². The van der Waals surface area contributed by atoms with Gasteiger partial charge in [-0.3, -0.25) is 0 Å². The first-order valence-corrected chi connectivity index (χ1v) is 7.52. The number of benzene rings is 1. The first-order chi connectivity index (χ1) is 9.11. The predicted octanol–water partition coefficient (Wildman–Crippen LogP) is 5.28. The van der Waals surface area contributed by atoms with E-state index >= 15 is 0 Å². The number of rotatable bonds is 4. The van der Waals surface area contributed by atoms with Gasteiger partial charge in [-0.25, -0.2) is 4.98 Å². The summed E-state index contributed by atoms with van der Waals surface area (Å²) < 4.78 is 0. The van der Waals surface area contributed by atoms with Crippen LogP contribution < -0.4 is 5.32 Å². The van der Waals surface area contributed by atoms with E-state index in [1.54, 1.807) is 17.8 Å². The Labute approximate surface area is 127 Å². The van der Waals surface area contributed by atoms with E-state index in [-0.39, 0.29) is 0 Å². The number of nitrogens with one attached hydrogen (secondary N) is 1. The first-order valence-electron chi connectivity index (χ1n) is 5.95. The Bertz CT molecular complexity index is 588. The molecule has 1 heterocycles.